The van der Waals surface area contributed by atoms with Crippen LogP contribution in [-0.4, -0.2) is 47.8 Å². The summed E-state index contributed by atoms with van der Waals surface area (Å²) < 4.78 is 0. The molecule has 0 radical (unpaired) electrons. The van der Waals surface area contributed by atoms with Crippen LogP contribution in [0.3, 0.4) is 0 Å². The van der Waals surface area contributed by atoms with Crippen molar-refractivity contribution in [2.24, 2.45) is 0 Å². The van der Waals surface area contributed by atoms with Gasteiger partial charge in [0.15, 0.2) is 0 Å². The molecular weight excluding hydrogens is 336 g/mol. The molecule has 0 atom stereocenters. The molecule has 0 N–H and O–H groups in total. The lowest BCUT2D eigenvalue weighted by molar-refractivity contribution is -0.130. The Hall–Kier alpha value is -2.33. The molecule has 1 fully saturated rings. The first kappa shape index (κ1) is 17.5. The van der Waals surface area contributed by atoms with Crippen LogP contribution in [0.25, 0.3) is 0 Å². The van der Waals surface area contributed by atoms with E-state index in [-0.39, 0.29) is 11.8 Å². The van der Waals surface area contributed by atoms with Crippen LogP contribution in [0.15, 0.2) is 54.6 Å². The fraction of sp³-hybridized carbons (Fsp3) is 0.300. The van der Waals surface area contributed by atoms with E-state index in [0.717, 1.165) is 12.0 Å². The van der Waals surface area contributed by atoms with E-state index in [1.165, 1.54) is 0 Å². The van der Waals surface area contributed by atoms with Crippen molar-refractivity contribution in [2.75, 3.05) is 26.2 Å². The number of rotatable bonds is 3. The van der Waals surface area contributed by atoms with Gasteiger partial charge in [-0.05, 0) is 30.2 Å². The maximum absolute atomic E-state index is 12.6. The number of benzene rings is 2. The van der Waals surface area contributed by atoms with Crippen molar-refractivity contribution in [3.63, 3.8) is 0 Å². The van der Waals surface area contributed by atoms with Crippen LogP contribution in [0, 0.1) is 0 Å². The van der Waals surface area contributed by atoms with Gasteiger partial charge in [-0.2, -0.15) is 0 Å². The zero-order chi connectivity index (χ0) is 17.6. The van der Waals surface area contributed by atoms with E-state index in [9.17, 15) is 9.59 Å². The number of halogens is 1. The summed E-state index contributed by atoms with van der Waals surface area (Å²) >= 11 is 5.98. The topological polar surface area (TPSA) is 40.6 Å². The Morgan fingerprint density at radius 1 is 0.880 bits per heavy atom. The summed E-state index contributed by atoms with van der Waals surface area (Å²) in [5, 5.41) is 0.556. The zero-order valence-corrected chi connectivity index (χ0v) is 14.8. The van der Waals surface area contributed by atoms with Gasteiger partial charge in [-0.3, -0.25) is 9.59 Å². The molecule has 0 unspecified atom stereocenters. The number of hydrogen-bond acceptors (Lipinski definition) is 2. The van der Waals surface area contributed by atoms with Crippen LogP contribution in [0.4, 0.5) is 0 Å². The first-order chi connectivity index (χ1) is 12.1. The van der Waals surface area contributed by atoms with Gasteiger partial charge in [0.25, 0.3) is 5.91 Å². The number of amides is 2. The second-order valence-electron chi connectivity index (χ2n) is 6.20. The Balaban J connectivity index is 1.60. The van der Waals surface area contributed by atoms with Crippen LogP contribution < -0.4 is 0 Å². The van der Waals surface area contributed by atoms with Crippen LogP contribution >= 0.6 is 11.6 Å². The molecule has 0 saturated carbocycles. The van der Waals surface area contributed by atoms with E-state index in [1.54, 1.807) is 24.3 Å². The molecule has 0 spiro atoms. The highest BCUT2D eigenvalue weighted by Crippen LogP contribution is 2.15. The molecule has 5 heteroatoms. The standard InChI is InChI=1S/C20H21ClN2O2/c21-18-9-4-8-17(15-18)20(25)23-11-5-10-22(12-13-23)19(24)14-16-6-2-1-3-7-16/h1-4,6-9,15H,5,10-14H2. The lowest BCUT2D eigenvalue weighted by atomic mass is 10.1. The third-order valence-electron chi connectivity index (χ3n) is 4.41. The van der Waals surface area contributed by atoms with Gasteiger partial charge in [-0.15, -0.1) is 0 Å². The Morgan fingerprint density at radius 2 is 1.60 bits per heavy atom. The summed E-state index contributed by atoms with van der Waals surface area (Å²) in [5.41, 5.74) is 1.61. The molecule has 0 bridgehead atoms. The second kappa shape index (κ2) is 8.17. The molecule has 4 nitrogen and oxygen atoms in total. The van der Waals surface area contributed by atoms with Gasteiger partial charge < -0.3 is 9.80 Å². The number of carbonyl (C=O) groups excluding carboxylic acids is 2. The maximum Gasteiger partial charge on any atom is 0.253 e. The summed E-state index contributed by atoms with van der Waals surface area (Å²) in [6, 6.07) is 16.7. The Labute approximate surface area is 153 Å². The monoisotopic (exact) mass is 356 g/mol. The second-order valence-corrected chi connectivity index (χ2v) is 6.64. The zero-order valence-electron chi connectivity index (χ0n) is 14.0. The largest absolute Gasteiger partial charge is 0.341 e. The molecule has 1 saturated heterocycles. The molecule has 0 aromatic heterocycles. The minimum absolute atomic E-state index is 0.0279. The first-order valence-electron chi connectivity index (χ1n) is 8.50. The Kier molecular flexibility index (Phi) is 5.71. The van der Waals surface area contributed by atoms with E-state index in [2.05, 4.69) is 0 Å². The highest BCUT2D eigenvalue weighted by atomic mass is 35.5. The van der Waals surface area contributed by atoms with Crippen molar-refractivity contribution < 1.29 is 9.59 Å². The van der Waals surface area contributed by atoms with Crippen molar-refractivity contribution >= 4 is 23.4 Å². The van der Waals surface area contributed by atoms with Crippen LogP contribution in [0.2, 0.25) is 5.02 Å². The van der Waals surface area contributed by atoms with Gasteiger partial charge in [0.1, 0.15) is 0 Å². The number of nitrogens with zero attached hydrogens (tertiary/aromatic N) is 2. The molecule has 25 heavy (non-hydrogen) atoms. The molecule has 3 rings (SSSR count). The molecule has 2 aromatic rings. The van der Waals surface area contributed by atoms with Gasteiger partial charge >= 0.3 is 0 Å². The predicted molar refractivity (Wildman–Crippen MR) is 98.7 cm³/mol. The van der Waals surface area contributed by atoms with Crippen molar-refractivity contribution in [3.05, 3.63) is 70.7 Å². The summed E-state index contributed by atoms with van der Waals surface area (Å²) in [5.74, 6) is 0.0862. The van der Waals surface area contributed by atoms with E-state index < -0.39 is 0 Å². The van der Waals surface area contributed by atoms with Gasteiger partial charge in [0, 0.05) is 36.8 Å². The molecule has 1 aliphatic rings. The lowest BCUT2D eigenvalue weighted by Gasteiger charge is -2.22. The summed E-state index contributed by atoms with van der Waals surface area (Å²) in [6.07, 6.45) is 1.19. The van der Waals surface area contributed by atoms with Crippen molar-refractivity contribution in [3.8, 4) is 0 Å². The minimum Gasteiger partial charge on any atom is -0.341 e. The van der Waals surface area contributed by atoms with E-state index in [1.807, 2.05) is 40.1 Å². The van der Waals surface area contributed by atoms with Crippen LogP contribution in [0.1, 0.15) is 22.3 Å². The molecule has 130 valence electrons. The highest BCUT2D eigenvalue weighted by Gasteiger charge is 2.22. The average Bonchev–Trinajstić information content (AvgIpc) is 2.88. The van der Waals surface area contributed by atoms with Crippen molar-refractivity contribution in [1.29, 1.82) is 0 Å². The average molecular weight is 357 g/mol. The van der Waals surface area contributed by atoms with Gasteiger partial charge in [-0.25, -0.2) is 0 Å². The van der Waals surface area contributed by atoms with E-state index in [4.69, 9.17) is 11.6 Å². The quantitative estimate of drug-likeness (QED) is 0.847. The van der Waals surface area contributed by atoms with E-state index >= 15 is 0 Å². The van der Waals surface area contributed by atoms with Crippen molar-refractivity contribution in [2.45, 2.75) is 12.8 Å². The van der Waals surface area contributed by atoms with Gasteiger partial charge in [0.05, 0.1) is 6.42 Å². The Morgan fingerprint density at radius 3 is 2.36 bits per heavy atom. The summed E-state index contributed by atoms with van der Waals surface area (Å²) in [7, 11) is 0. The molecule has 0 aliphatic carbocycles. The third kappa shape index (κ3) is 4.60. The molecule has 2 aromatic carbocycles. The molecular formula is C20H21ClN2O2. The van der Waals surface area contributed by atoms with Crippen LogP contribution in [-0.2, 0) is 11.2 Å². The fourth-order valence-corrected chi connectivity index (χ4v) is 3.25. The summed E-state index contributed by atoms with van der Waals surface area (Å²) in [4.78, 5) is 28.8. The SMILES string of the molecule is O=C(Cc1ccccc1)N1CCCN(C(=O)c2cccc(Cl)c2)CC1. The molecule has 2 amide bonds. The van der Waals surface area contributed by atoms with Gasteiger partial charge in [-0.1, -0.05) is 48.0 Å². The first-order valence-corrected chi connectivity index (χ1v) is 8.88. The van der Waals surface area contributed by atoms with Crippen molar-refractivity contribution in [1.82, 2.24) is 9.80 Å². The smallest absolute Gasteiger partial charge is 0.253 e. The van der Waals surface area contributed by atoms with Crippen LogP contribution in [0.5, 0.6) is 0 Å². The number of hydrogen-bond donors (Lipinski definition) is 0. The normalized spacial score (nSPS) is 14.9. The third-order valence-corrected chi connectivity index (χ3v) is 4.64. The van der Waals surface area contributed by atoms with E-state index in [0.29, 0.717) is 43.2 Å². The molecule has 1 aliphatic heterocycles. The minimum atomic E-state index is -0.0279. The fourth-order valence-electron chi connectivity index (χ4n) is 3.06. The van der Waals surface area contributed by atoms with Gasteiger partial charge in [0.2, 0.25) is 5.91 Å². The molecule has 1 heterocycles. The Bertz CT molecular complexity index is 748. The predicted octanol–water partition coefficient (Wildman–Crippen LogP) is 3.26. The maximum atomic E-state index is 12.6. The summed E-state index contributed by atoms with van der Waals surface area (Å²) in [6.45, 7) is 2.45. The number of carbonyl (C=O) groups is 2. The highest BCUT2D eigenvalue weighted by molar-refractivity contribution is 6.30. The lowest BCUT2D eigenvalue weighted by Crippen LogP contribution is -2.38.